The number of amides is 1. The molecule has 0 radical (unpaired) electrons. The lowest BCUT2D eigenvalue weighted by Gasteiger charge is -2.24. The zero-order chi connectivity index (χ0) is 16.8. The molecule has 1 unspecified atom stereocenters. The molecule has 7 nitrogen and oxygen atoms in total. The van der Waals surface area contributed by atoms with Crippen molar-refractivity contribution in [2.75, 3.05) is 53.1 Å². The number of methoxy groups -OCH3 is 1. The van der Waals surface area contributed by atoms with Gasteiger partial charge in [-0.2, -0.15) is 0 Å². The van der Waals surface area contributed by atoms with E-state index in [1.165, 1.54) is 25.9 Å². The molecule has 3 heterocycles. The summed E-state index contributed by atoms with van der Waals surface area (Å²) in [7, 11) is 1.55. The average molecular weight is 336 g/mol. The van der Waals surface area contributed by atoms with Crippen molar-refractivity contribution in [2.24, 2.45) is 5.92 Å². The molecule has 1 atom stereocenters. The number of aromatic nitrogens is 2. The summed E-state index contributed by atoms with van der Waals surface area (Å²) in [6.45, 7) is 7.03. The van der Waals surface area contributed by atoms with Crippen LogP contribution in [0.2, 0.25) is 0 Å². The fourth-order valence-corrected chi connectivity index (χ4v) is 3.50. The Labute approximate surface area is 143 Å². The molecular weight excluding hydrogens is 308 g/mol. The van der Waals surface area contributed by atoms with Gasteiger partial charge in [0.15, 0.2) is 0 Å². The first-order valence-corrected chi connectivity index (χ1v) is 8.83. The maximum Gasteiger partial charge on any atom is 0.248 e. The Morgan fingerprint density at radius 1 is 1.33 bits per heavy atom. The van der Waals surface area contributed by atoms with Crippen LogP contribution in [-0.2, 0) is 27.4 Å². The van der Waals surface area contributed by atoms with Gasteiger partial charge in [0.2, 0.25) is 5.91 Å². The van der Waals surface area contributed by atoms with Crippen LogP contribution < -0.4 is 0 Å². The molecule has 2 aliphatic rings. The Morgan fingerprint density at radius 2 is 2.17 bits per heavy atom. The van der Waals surface area contributed by atoms with Crippen LogP contribution >= 0.6 is 0 Å². The number of hydrogen-bond acceptors (Lipinski definition) is 5. The molecule has 0 N–H and O–H groups in total. The van der Waals surface area contributed by atoms with Gasteiger partial charge in [0.05, 0.1) is 19.8 Å². The van der Waals surface area contributed by atoms with Crippen molar-refractivity contribution < 1.29 is 14.3 Å². The van der Waals surface area contributed by atoms with Crippen LogP contribution in [0.15, 0.2) is 12.4 Å². The fraction of sp³-hybridized carbons (Fsp3) is 0.765. The summed E-state index contributed by atoms with van der Waals surface area (Å²) in [6.07, 6.45) is 6.40. The van der Waals surface area contributed by atoms with Crippen LogP contribution in [0, 0.1) is 5.92 Å². The van der Waals surface area contributed by atoms with Crippen LogP contribution in [0.4, 0.5) is 0 Å². The van der Waals surface area contributed by atoms with Crippen LogP contribution in [0.25, 0.3) is 0 Å². The predicted octanol–water partition coefficient (Wildman–Crippen LogP) is 0.600. The summed E-state index contributed by atoms with van der Waals surface area (Å²) in [6, 6.07) is 0. The van der Waals surface area contributed by atoms with Gasteiger partial charge in [0.1, 0.15) is 12.4 Å². The maximum atomic E-state index is 12.2. The SMILES string of the molecule is COCC(=O)N1Cc2nccn2CC(COCCN2CCCC2)C1. The lowest BCUT2D eigenvalue weighted by molar-refractivity contribution is -0.136. The number of nitrogens with zero attached hydrogens (tertiary/aromatic N) is 4. The smallest absolute Gasteiger partial charge is 0.248 e. The zero-order valence-corrected chi connectivity index (χ0v) is 14.5. The van der Waals surface area contributed by atoms with Crippen LogP contribution in [0.3, 0.4) is 0 Å². The van der Waals surface area contributed by atoms with Gasteiger partial charge in [-0.25, -0.2) is 4.98 Å². The molecule has 1 aromatic rings. The third kappa shape index (κ3) is 4.55. The summed E-state index contributed by atoms with van der Waals surface area (Å²) in [5, 5.41) is 0. The highest BCUT2D eigenvalue weighted by Gasteiger charge is 2.25. The Balaban J connectivity index is 1.52. The van der Waals surface area contributed by atoms with Crippen molar-refractivity contribution in [3.63, 3.8) is 0 Å². The van der Waals surface area contributed by atoms with Crippen molar-refractivity contribution in [3.05, 3.63) is 18.2 Å². The lowest BCUT2D eigenvalue weighted by Crippen LogP contribution is -2.37. The van der Waals surface area contributed by atoms with Gasteiger partial charge in [-0.1, -0.05) is 0 Å². The first kappa shape index (κ1) is 17.4. The van der Waals surface area contributed by atoms with Crippen LogP contribution in [-0.4, -0.2) is 78.4 Å². The number of ether oxygens (including phenoxy) is 2. The minimum absolute atomic E-state index is 0.0102. The highest BCUT2D eigenvalue weighted by Crippen LogP contribution is 2.16. The van der Waals surface area contributed by atoms with Gasteiger partial charge in [-0.15, -0.1) is 0 Å². The molecule has 1 fully saturated rings. The Hall–Kier alpha value is -1.44. The molecule has 1 amide bonds. The molecule has 7 heteroatoms. The van der Waals surface area contributed by atoms with E-state index in [-0.39, 0.29) is 18.4 Å². The number of fused-ring (bicyclic) bond motifs is 1. The highest BCUT2D eigenvalue weighted by atomic mass is 16.5. The minimum atomic E-state index is 0.0102. The van der Waals surface area contributed by atoms with Crippen molar-refractivity contribution in [3.8, 4) is 0 Å². The van der Waals surface area contributed by atoms with Crippen molar-refractivity contribution >= 4 is 5.91 Å². The Bertz CT molecular complexity index is 528. The van der Waals surface area contributed by atoms with E-state index in [4.69, 9.17) is 9.47 Å². The van der Waals surface area contributed by atoms with E-state index >= 15 is 0 Å². The van der Waals surface area contributed by atoms with Gasteiger partial charge in [0, 0.05) is 45.1 Å². The van der Waals surface area contributed by atoms with Crippen LogP contribution in [0.5, 0.6) is 0 Å². The van der Waals surface area contributed by atoms with Crippen LogP contribution in [0.1, 0.15) is 18.7 Å². The van der Waals surface area contributed by atoms with E-state index in [1.807, 2.05) is 11.1 Å². The third-order valence-electron chi connectivity index (χ3n) is 4.79. The molecule has 0 saturated carbocycles. The topological polar surface area (TPSA) is 59.8 Å². The van der Waals surface area contributed by atoms with Gasteiger partial charge >= 0.3 is 0 Å². The standard InChI is InChI=1S/C17H28N4O3/c1-23-14-17(22)21-11-15(10-20-7-4-18-16(20)12-21)13-24-9-8-19-5-2-3-6-19/h4,7,15H,2-3,5-6,8-14H2,1H3. The van der Waals surface area contributed by atoms with E-state index in [9.17, 15) is 4.79 Å². The molecule has 1 saturated heterocycles. The van der Waals surface area contributed by atoms with E-state index in [1.54, 1.807) is 13.3 Å². The molecular formula is C17H28N4O3. The Morgan fingerprint density at radius 3 is 2.96 bits per heavy atom. The number of carbonyl (C=O) groups is 1. The lowest BCUT2D eigenvalue weighted by atomic mass is 10.1. The largest absolute Gasteiger partial charge is 0.380 e. The minimum Gasteiger partial charge on any atom is -0.380 e. The maximum absolute atomic E-state index is 12.2. The van der Waals surface area contributed by atoms with E-state index in [0.717, 1.165) is 25.5 Å². The van der Waals surface area contributed by atoms with E-state index in [2.05, 4.69) is 14.5 Å². The summed E-state index contributed by atoms with van der Waals surface area (Å²) in [5.41, 5.74) is 0. The average Bonchev–Trinajstić information content (AvgIpc) is 3.20. The first-order chi connectivity index (χ1) is 11.8. The third-order valence-corrected chi connectivity index (χ3v) is 4.79. The molecule has 24 heavy (non-hydrogen) atoms. The number of likely N-dealkylation sites (tertiary alicyclic amines) is 1. The number of hydrogen-bond donors (Lipinski definition) is 0. The van der Waals surface area contributed by atoms with Gasteiger partial charge in [-0.05, 0) is 25.9 Å². The monoisotopic (exact) mass is 336 g/mol. The number of rotatable bonds is 7. The molecule has 134 valence electrons. The first-order valence-electron chi connectivity index (χ1n) is 8.83. The molecule has 0 aromatic carbocycles. The molecule has 3 rings (SSSR count). The molecule has 0 bridgehead atoms. The summed E-state index contributed by atoms with van der Waals surface area (Å²) in [5.74, 6) is 1.22. The second-order valence-corrected chi connectivity index (χ2v) is 6.69. The molecule has 1 aromatic heterocycles. The second-order valence-electron chi connectivity index (χ2n) is 6.69. The van der Waals surface area contributed by atoms with Crippen molar-refractivity contribution in [1.82, 2.24) is 19.4 Å². The quantitative estimate of drug-likeness (QED) is 0.683. The van der Waals surface area contributed by atoms with Crippen molar-refractivity contribution in [1.29, 1.82) is 0 Å². The summed E-state index contributed by atoms with van der Waals surface area (Å²) >= 11 is 0. The molecule has 0 spiro atoms. The Kier molecular flexibility index (Phi) is 6.23. The number of carbonyl (C=O) groups excluding carboxylic acids is 1. The molecule has 2 aliphatic heterocycles. The summed E-state index contributed by atoms with van der Waals surface area (Å²) < 4.78 is 13.1. The summed E-state index contributed by atoms with van der Waals surface area (Å²) in [4.78, 5) is 20.9. The van der Waals surface area contributed by atoms with Gasteiger partial charge < -0.3 is 23.8 Å². The van der Waals surface area contributed by atoms with Gasteiger partial charge in [0.25, 0.3) is 0 Å². The molecule has 0 aliphatic carbocycles. The predicted molar refractivity (Wildman–Crippen MR) is 89.5 cm³/mol. The van der Waals surface area contributed by atoms with Crippen molar-refractivity contribution in [2.45, 2.75) is 25.9 Å². The van der Waals surface area contributed by atoms with E-state index < -0.39 is 0 Å². The fourth-order valence-electron chi connectivity index (χ4n) is 3.50. The van der Waals surface area contributed by atoms with Gasteiger partial charge in [-0.3, -0.25) is 4.79 Å². The second kappa shape index (κ2) is 8.60. The highest BCUT2D eigenvalue weighted by molar-refractivity contribution is 5.77. The van der Waals surface area contributed by atoms with E-state index in [0.29, 0.717) is 19.7 Å². The normalized spacial score (nSPS) is 21.7. The zero-order valence-electron chi connectivity index (χ0n) is 14.5. The number of imidazole rings is 1.